The molecular weight excluding hydrogens is 374 g/mol. The summed E-state index contributed by atoms with van der Waals surface area (Å²) < 4.78 is 3.06. The number of amides is 1. The number of carbonyl (C=O) groups is 1. The van der Waals surface area contributed by atoms with Gasteiger partial charge in [-0.1, -0.05) is 0 Å². The highest BCUT2D eigenvalue weighted by molar-refractivity contribution is 9.10. The average Bonchev–Trinajstić information content (AvgIpc) is 3.10. The van der Waals surface area contributed by atoms with Crippen molar-refractivity contribution in [3.63, 3.8) is 0 Å². The van der Waals surface area contributed by atoms with Gasteiger partial charge < -0.3 is 14.8 Å². The van der Waals surface area contributed by atoms with Crippen LogP contribution in [0.1, 0.15) is 9.67 Å². The maximum absolute atomic E-state index is 12.3. The van der Waals surface area contributed by atoms with Crippen LogP contribution in [0.4, 0.5) is 5.69 Å². The van der Waals surface area contributed by atoms with Crippen LogP contribution < -0.4 is 5.32 Å². The van der Waals surface area contributed by atoms with Gasteiger partial charge in [-0.25, -0.2) is 0 Å². The molecule has 0 bridgehead atoms. The first-order valence-corrected chi connectivity index (χ1v) is 9.00. The summed E-state index contributed by atoms with van der Waals surface area (Å²) >= 11 is 4.82. The minimum Gasteiger partial charge on any atom is -0.346 e. The van der Waals surface area contributed by atoms with Crippen molar-refractivity contribution in [2.45, 2.75) is 6.54 Å². The lowest BCUT2D eigenvalue weighted by Crippen LogP contribution is -2.17. The number of likely N-dealkylation sites (N-methyl/N-ethyl adjacent to an activating group) is 1. The highest BCUT2D eigenvalue weighted by atomic mass is 79.9. The number of halogens is 1. The van der Waals surface area contributed by atoms with E-state index in [2.05, 4.69) is 63.1 Å². The minimum absolute atomic E-state index is 0.0849. The van der Waals surface area contributed by atoms with Crippen molar-refractivity contribution in [3.05, 3.63) is 51.3 Å². The van der Waals surface area contributed by atoms with Crippen LogP contribution in [-0.4, -0.2) is 36.0 Å². The second-order valence-electron chi connectivity index (χ2n) is 5.64. The van der Waals surface area contributed by atoms with Crippen LogP contribution in [0.3, 0.4) is 0 Å². The molecule has 0 aliphatic rings. The molecule has 0 unspecified atom stereocenters. The van der Waals surface area contributed by atoms with Gasteiger partial charge in [-0.15, -0.1) is 11.3 Å². The molecule has 1 N–H and O–H groups in total. The van der Waals surface area contributed by atoms with Crippen LogP contribution >= 0.6 is 27.3 Å². The molecule has 3 rings (SSSR count). The Morgan fingerprint density at radius 3 is 2.83 bits per heavy atom. The third-order valence-electron chi connectivity index (χ3n) is 3.64. The lowest BCUT2D eigenvalue weighted by Gasteiger charge is -2.11. The lowest BCUT2D eigenvalue weighted by molar-refractivity contribution is 0.103. The summed E-state index contributed by atoms with van der Waals surface area (Å²) in [5.41, 5.74) is 2.00. The van der Waals surface area contributed by atoms with Gasteiger partial charge in [0.05, 0.1) is 0 Å². The smallest absolute Gasteiger partial charge is 0.266 e. The molecule has 0 radical (unpaired) electrons. The van der Waals surface area contributed by atoms with Crippen molar-refractivity contribution in [3.8, 4) is 0 Å². The highest BCUT2D eigenvalue weighted by Gasteiger charge is 2.12. The summed E-state index contributed by atoms with van der Waals surface area (Å²) in [5.74, 6) is -0.0849. The van der Waals surface area contributed by atoms with Gasteiger partial charge in [-0.2, -0.15) is 0 Å². The highest BCUT2D eigenvalue weighted by Crippen LogP contribution is 2.25. The number of thiophene rings is 1. The fourth-order valence-corrected chi connectivity index (χ4v) is 3.87. The summed E-state index contributed by atoms with van der Waals surface area (Å²) in [5, 5.41) is 5.99. The molecule has 0 atom stereocenters. The zero-order valence-corrected chi connectivity index (χ0v) is 15.4. The summed E-state index contributed by atoms with van der Waals surface area (Å²) in [6.07, 6.45) is 2.09. The summed E-state index contributed by atoms with van der Waals surface area (Å²) in [7, 11) is 4.14. The molecule has 120 valence electrons. The van der Waals surface area contributed by atoms with Gasteiger partial charge in [-0.05, 0) is 65.7 Å². The molecule has 0 aliphatic heterocycles. The lowest BCUT2D eigenvalue weighted by atomic mass is 10.2. The predicted octanol–water partition coefficient (Wildman–Crippen LogP) is 4.28. The number of rotatable bonds is 5. The van der Waals surface area contributed by atoms with E-state index in [-0.39, 0.29) is 5.91 Å². The maximum atomic E-state index is 12.3. The molecule has 1 aromatic carbocycles. The summed E-state index contributed by atoms with van der Waals surface area (Å²) in [4.78, 5) is 15.1. The van der Waals surface area contributed by atoms with Gasteiger partial charge in [0.15, 0.2) is 0 Å². The van der Waals surface area contributed by atoms with E-state index in [0.29, 0.717) is 4.88 Å². The van der Waals surface area contributed by atoms with Gasteiger partial charge in [0.25, 0.3) is 5.91 Å². The van der Waals surface area contributed by atoms with E-state index in [4.69, 9.17) is 0 Å². The first-order chi connectivity index (χ1) is 11.0. The Kier molecular flexibility index (Phi) is 4.84. The number of hydrogen-bond acceptors (Lipinski definition) is 3. The van der Waals surface area contributed by atoms with Crippen molar-refractivity contribution in [1.82, 2.24) is 9.47 Å². The van der Waals surface area contributed by atoms with Crippen molar-refractivity contribution >= 4 is 49.8 Å². The Morgan fingerprint density at radius 1 is 1.30 bits per heavy atom. The molecule has 23 heavy (non-hydrogen) atoms. The second-order valence-corrected chi connectivity index (χ2v) is 7.41. The van der Waals surface area contributed by atoms with Gasteiger partial charge in [0.2, 0.25) is 0 Å². The fraction of sp³-hybridized carbons (Fsp3) is 0.235. The molecule has 0 fully saturated rings. The standard InChI is InChI=1S/C17H18BrN3OS/c1-20(2)8-9-21-7-5-12-11-13(3-4-15(12)21)19-17(22)16-14(18)6-10-23-16/h3-7,10-11H,8-9H2,1-2H3,(H,19,22). The Labute approximate surface area is 147 Å². The van der Waals surface area contributed by atoms with E-state index in [1.54, 1.807) is 0 Å². The van der Waals surface area contributed by atoms with Crippen molar-refractivity contribution in [1.29, 1.82) is 0 Å². The average molecular weight is 392 g/mol. The fourth-order valence-electron chi connectivity index (χ4n) is 2.42. The number of fused-ring (bicyclic) bond motifs is 1. The van der Waals surface area contributed by atoms with E-state index in [1.165, 1.54) is 16.9 Å². The maximum Gasteiger partial charge on any atom is 0.266 e. The van der Waals surface area contributed by atoms with Crippen LogP contribution in [0.5, 0.6) is 0 Å². The van der Waals surface area contributed by atoms with Crippen LogP contribution in [-0.2, 0) is 6.54 Å². The minimum atomic E-state index is -0.0849. The first-order valence-electron chi connectivity index (χ1n) is 7.32. The molecule has 3 aromatic rings. The van der Waals surface area contributed by atoms with Gasteiger partial charge >= 0.3 is 0 Å². The monoisotopic (exact) mass is 391 g/mol. The Balaban J connectivity index is 1.78. The van der Waals surface area contributed by atoms with Gasteiger partial charge in [-0.3, -0.25) is 4.79 Å². The second kappa shape index (κ2) is 6.86. The number of carbonyl (C=O) groups excluding carboxylic acids is 1. The number of benzene rings is 1. The summed E-state index contributed by atoms with van der Waals surface area (Å²) in [6, 6.07) is 9.99. The van der Waals surface area contributed by atoms with Crippen LogP contribution in [0.25, 0.3) is 10.9 Å². The molecule has 2 heterocycles. The number of hydrogen-bond donors (Lipinski definition) is 1. The van der Waals surface area contributed by atoms with Crippen LogP contribution in [0.15, 0.2) is 46.4 Å². The molecule has 2 aromatic heterocycles. The Morgan fingerprint density at radius 2 is 2.13 bits per heavy atom. The normalized spacial score (nSPS) is 11.3. The Bertz CT molecular complexity index is 837. The molecule has 0 saturated carbocycles. The number of nitrogens with zero attached hydrogens (tertiary/aromatic N) is 2. The molecule has 0 aliphatic carbocycles. The molecular formula is C17H18BrN3OS. The van der Waals surface area contributed by atoms with Crippen molar-refractivity contribution < 1.29 is 4.79 Å². The molecule has 6 heteroatoms. The number of anilines is 1. The van der Waals surface area contributed by atoms with E-state index < -0.39 is 0 Å². The third kappa shape index (κ3) is 3.65. The quantitative estimate of drug-likeness (QED) is 0.704. The number of nitrogens with one attached hydrogen (secondary N) is 1. The molecule has 4 nitrogen and oxygen atoms in total. The van der Waals surface area contributed by atoms with E-state index in [0.717, 1.165) is 28.6 Å². The van der Waals surface area contributed by atoms with Crippen molar-refractivity contribution in [2.24, 2.45) is 0 Å². The SMILES string of the molecule is CN(C)CCn1ccc2cc(NC(=O)c3sccc3Br)ccc21. The predicted molar refractivity (Wildman–Crippen MR) is 100 cm³/mol. The number of aromatic nitrogens is 1. The van der Waals surface area contributed by atoms with Gasteiger partial charge in [0, 0.05) is 40.3 Å². The molecule has 1 amide bonds. The van der Waals surface area contributed by atoms with Gasteiger partial charge in [0.1, 0.15) is 4.88 Å². The zero-order chi connectivity index (χ0) is 16.4. The molecule has 0 saturated heterocycles. The van der Waals surface area contributed by atoms with Crippen LogP contribution in [0, 0.1) is 0 Å². The van der Waals surface area contributed by atoms with Crippen LogP contribution in [0.2, 0.25) is 0 Å². The van der Waals surface area contributed by atoms with E-state index >= 15 is 0 Å². The topological polar surface area (TPSA) is 37.3 Å². The van der Waals surface area contributed by atoms with Crippen molar-refractivity contribution in [2.75, 3.05) is 26.0 Å². The summed E-state index contributed by atoms with van der Waals surface area (Å²) in [6.45, 7) is 1.94. The van der Waals surface area contributed by atoms with E-state index in [9.17, 15) is 4.79 Å². The Hall–Kier alpha value is -1.63. The zero-order valence-electron chi connectivity index (χ0n) is 13.0. The van der Waals surface area contributed by atoms with E-state index in [1.807, 2.05) is 23.6 Å². The largest absolute Gasteiger partial charge is 0.346 e. The first kappa shape index (κ1) is 16.2. The molecule has 0 spiro atoms. The third-order valence-corrected chi connectivity index (χ3v) is 5.48.